The van der Waals surface area contributed by atoms with Crippen LogP contribution in [-0.4, -0.2) is 47.3 Å². The highest BCUT2D eigenvalue weighted by atomic mass is 19.1. The highest BCUT2D eigenvalue weighted by Crippen LogP contribution is 2.33. The van der Waals surface area contributed by atoms with Gasteiger partial charge >= 0.3 is 0 Å². The topological polar surface area (TPSA) is 101 Å². The van der Waals surface area contributed by atoms with Crippen molar-refractivity contribution in [1.82, 2.24) is 20.6 Å². The lowest BCUT2D eigenvalue weighted by molar-refractivity contribution is -0.115. The fraction of sp³-hybridized carbons (Fsp3) is 0.478. The predicted octanol–water partition coefficient (Wildman–Crippen LogP) is 3.66. The first-order valence-electron chi connectivity index (χ1n) is 10.9. The Morgan fingerprint density at radius 3 is 2.78 bits per heavy atom. The van der Waals surface area contributed by atoms with E-state index in [-0.39, 0.29) is 12.0 Å². The Balaban J connectivity index is 1.79. The van der Waals surface area contributed by atoms with Gasteiger partial charge < -0.3 is 20.7 Å². The lowest BCUT2D eigenvalue weighted by Crippen LogP contribution is -2.38. The zero-order valence-corrected chi connectivity index (χ0v) is 19.0. The van der Waals surface area contributed by atoms with Crippen LogP contribution >= 0.6 is 0 Å². The molecule has 0 saturated carbocycles. The van der Waals surface area contributed by atoms with Crippen molar-refractivity contribution in [3.05, 3.63) is 36.0 Å². The molecular formula is C23H31FN6O2. The van der Waals surface area contributed by atoms with Crippen LogP contribution in [0.4, 0.5) is 21.6 Å². The van der Waals surface area contributed by atoms with E-state index in [1.54, 1.807) is 19.9 Å². The molecule has 0 radical (unpaired) electrons. The standard InChI is InChI=1S/C23H31FN6O2/c1-14(2)32-20-11-18(24)5-6-19(20)30-22-21(15(3)27-13-28-22)29-16(4)23(31)26-12-17-7-9-25-10-8-17/h5-6,11,13-14,17,25H,7-10,12H2,1-4H3,(H,26,31)(H,27,28,30)/b29-16+. The molecule has 1 saturated heterocycles. The van der Waals surface area contributed by atoms with Crippen LogP contribution in [0.15, 0.2) is 29.5 Å². The highest BCUT2D eigenvalue weighted by Gasteiger charge is 2.17. The number of nitrogens with zero attached hydrogens (tertiary/aromatic N) is 3. The van der Waals surface area contributed by atoms with Crippen LogP contribution in [0.5, 0.6) is 5.75 Å². The molecule has 9 heteroatoms. The molecule has 0 atom stereocenters. The third-order valence-corrected chi connectivity index (χ3v) is 5.18. The largest absolute Gasteiger partial charge is 0.489 e. The summed E-state index contributed by atoms with van der Waals surface area (Å²) >= 11 is 0. The van der Waals surface area contributed by atoms with E-state index < -0.39 is 5.82 Å². The molecule has 8 nitrogen and oxygen atoms in total. The minimum Gasteiger partial charge on any atom is -0.489 e. The van der Waals surface area contributed by atoms with Crippen LogP contribution in [0.2, 0.25) is 0 Å². The molecule has 1 aliphatic heterocycles. The Morgan fingerprint density at radius 2 is 2.06 bits per heavy atom. The maximum Gasteiger partial charge on any atom is 0.265 e. The zero-order valence-electron chi connectivity index (χ0n) is 19.0. The maximum atomic E-state index is 13.7. The van der Waals surface area contributed by atoms with Gasteiger partial charge in [0.15, 0.2) is 5.82 Å². The monoisotopic (exact) mass is 442 g/mol. The highest BCUT2D eigenvalue weighted by molar-refractivity contribution is 6.38. The Hall–Kier alpha value is -3.07. The summed E-state index contributed by atoms with van der Waals surface area (Å²) in [6, 6.07) is 4.24. The molecule has 2 aromatic rings. The molecule has 2 heterocycles. The van der Waals surface area contributed by atoms with E-state index in [1.165, 1.54) is 18.5 Å². The molecule has 1 amide bonds. The third kappa shape index (κ3) is 6.46. The molecule has 172 valence electrons. The molecule has 1 fully saturated rings. The summed E-state index contributed by atoms with van der Waals surface area (Å²) in [4.78, 5) is 25.6. The van der Waals surface area contributed by atoms with Crippen molar-refractivity contribution in [3.8, 4) is 5.75 Å². The number of halogens is 1. The summed E-state index contributed by atoms with van der Waals surface area (Å²) in [5, 5.41) is 9.45. The summed E-state index contributed by atoms with van der Waals surface area (Å²) in [5.41, 5.74) is 1.92. The Morgan fingerprint density at radius 1 is 1.31 bits per heavy atom. The number of hydrogen-bond acceptors (Lipinski definition) is 7. The van der Waals surface area contributed by atoms with Crippen molar-refractivity contribution >= 4 is 28.8 Å². The first kappa shape index (κ1) is 23.6. The summed E-state index contributed by atoms with van der Waals surface area (Å²) in [5.74, 6) is 0.628. The van der Waals surface area contributed by atoms with E-state index in [2.05, 4.69) is 30.9 Å². The van der Waals surface area contributed by atoms with Gasteiger partial charge in [0.2, 0.25) is 0 Å². The second-order valence-corrected chi connectivity index (χ2v) is 8.19. The number of anilines is 2. The quantitative estimate of drug-likeness (QED) is 0.540. The van der Waals surface area contributed by atoms with Gasteiger partial charge in [-0.15, -0.1) is 0 Å². The van der Waals surface area contributed by atoms with Crippen molar-refractivity contribution in [2.45, 2.75) is 46.6 Å². The number of aliphatic imine (C=N–C) groups is 1. The van der Waals surface area contributed by atoms with Gasteiger partial charge in [-0.05, 0) is 71.7 Å². The second kappa shape index (κ2) is 11.0. The molecule has 32 heavy (non-hydrogen) atoms. The number of hydrogen-bond donors (Lipinski definition) is 3. The number of carbonyl (C=O) groups is 1. The number of piperidine rings is 1. The molecule has 0 bridgehead atoms. The molecule has 1 aliphatic rings. The van der Waals surface area contributed by atoms with Gasteiger partial charge in [0.1, 0.15) is 29.3 Å². The lowest BCUT2D eigenvalue weighted by atomic mass is 9.98. The number of nitrogens with one attached hydrogen (secondary N) is 3. The smallest absolute Gasteiger partial charge is 0.265 e. The molecule has 0 aliphatic carbocycles. The first-order chi connectivity index (χ1) is 15.3. The van der Waals surface area contributed by atoms with Crippen molar-refractivity contribution in [3.63, 3.8) is 0 Å². The van der Waals surface area contributed by atoms with Crippen LogP contribution in [-0.2, 0) is 4.79 Å². The van der Waals surface area contributed by atoms with Crippen LogP contribution in [0.3, 0.4) is 0 Å². The molecule has 1 aromatic carbocycles. The van der Waals surface area contributed by atoms with Crippen molar-refractivity contribution < 1.29 is 13.9 Å². The molecular weight excluding hydrogens is 411 g/mol. The van der Waals surface area contributed by atoms with Gasteiger partial charge in [-0.3, -0.25) is 4.79 Å². The second-order valence-electron chi connectivity index (χ2n) is 8.19. The number of amides is 1. The fourth-order valence-electron chi connectivity index (χ4n) is 3.44. The fourth-order valence-corrected chi connectivity index (χ4v) is 3.44. The number of ether oxygens (including phenoxy) is 1. The van der Waals surface area contributed by atoms with Crippen LogP contribution in [0.1, 0.15) is 39.3 Å². The van der Waals surface area contributed by atoms with E-state index >= 15 is 0 Å². The summed E-state index contributed by atoms with van der Waals surface area (Å²) in [6.45, 7) is 9.79. The minimum atomic E-state index is -0.399. The Kier molecular flexibility index (Phi) is 8.10. The SMILES string of the molecule is C/C(=N\c1c(C)ncnc1Nc1ccc(F)cc1OC(C)C)C(=O)NCC1CCNCC1. The van der Waals surface area contributed by atoms with E-state index in [1.807, 2.05) is 13.8 Å². The van der Waals surface area contributed by atoms with Gasteiger partial charge in [-0.25, -0.2) is 19.4 Å². The van der Waals surface area contributed by atoms with Gasteiger partial charge in [0, 0.05) is 12.6 Å². The van der Waals surface area contributed by atoms with Gasteiger partial charge in [0.25, 0.3) is 5.91 Å². The van der Waals surface area contributed by atoms with Crippen LogP contribution in [0.25, 0.3) is 0 Å². The van der Waals surface area contributed by atoms with Gasteiger partial charge in [-0.1, -0.05) is 0 Å². The molecule has 0 unspecified atom stereocenters. The minimum absolute atomic E-state index is 0.132. The average Bonchev–Trinajstić information content (AvgIpc) is 2.76. The lowest BCUT2D eigenvalue weighted by Gasteiger charge is -2.22. The first-order valence-corrected chi connectivity index (χ1v) is 10.9. The van der Waals surface area contributed by atoms with E-state index in [4.69, 9.17) is 4.74 Å². The van der Waals surface area contributed by atoms with Crippen molar-refractivity contribution in [2.24, 2.45) is 10.9 Å². The van der Waals surface area contributed by atoms with E-state index in [0.717, 1.165) is 25.9 Å². The number of rotatable bonds is 8. The summed E-state index contributed by atoms with van der Waals surface area (Å²) < 4.78 is 19.5. The van der Waals surface area contributed by atoms with E-state index in [0.29, 0.717) is 46.8 Å². The Labute approximate surface area is 188 Å². The normalized spacial score (nSPS) is 15.0. The molecule has 3 rings (SSSR count). The van der Waals surface area contributed by atoms with Gasteiger partial charge in [0.05, 0.1) is 17.5 Å². The van der Waals surface area contributed by atoms with Crippen LogP contribution in [0, 0.1) is 18.7 Å². The Bertz CT molecular complexity index is 973. The van der Waals surface area contributed by atoms with Crippen molar-refractivity contribution in [2.75, 3.05) is 25.0 Å². The summed E-state index contributed by atoms with van der Waals surface area (Å²) in [6.07, 6.45) is 3.38. The molecule has 0 spiro atoms. The maximum absolute atomic E-state index is 13.7. The number of aryl methyl sites for hydroxylation is 1. The van der Waals surface area contributed by atoms with Crippen molar-refractivity contribution in [1.29, 1.82) is 0 Å². The predicted molar refractivity (Wildman–Crippen MR) is 124 cm³/mol. The van der Waals surface area contributed by atoms with E-state index in [9.17, 15) is 9.18 Å². The molecule has 3 N–H and O–H groups in total. The third-order valence-electron chi connectivity index (χ3n) is 5.18. The molecule has 1 aromatic heterocycles. The zero-order chi connectivity index (χ0) is 23.1. The van der Waals surface area contributed by atoms with Crippen LogP contribution < -0.4 is 20.7 Å². The summed E-state index contributed by atoms with van der Waals surface area (Å²) in [7, 11) is 0. The number of benzene rings is 1. The number of carbonyl (C=O) groups excluding carboxylic acids is 1. The van der Waals surface area contributed by atoms with Gasteiger partial charge in [-0.2, -0.15) is 0 Å². The average molecular weight is 443 g/mol. The number of aromatic nitrogens is 2.